The van der Waals surface area contributed by atoms with Crippen molar-refractivity contribution >= 4 is 6.16 Å². The van der Waals surface area contributed by atoms with Crippen LogP contribution in [0.5, 0.6) is 0 Å². The molecule has 0 rings (SSSR count). The second kappa shape index (κ2) is 6.67. The molecular weight excluding hydrogens is 196 g/mol. The minimum absolute atomic E-state index is 0.160. The van der Waals surface area contributed by atoms with Crippen molar-refractivity contribution in [1.29, 1.82) is 0 Å². The molecule has 0 fully saturated rings. The molecule has 2 atom stereocenters. The van der Waals surface area contributed by atoms with Crippen molar-refractivity contribution < 1.29 is 19.4 Å². The zero-order chi connectivity index (χ0) is 12.0. The molecule has 15 heavy (non-hydrogen) atoms. The minimum atomic E-state index is -0.690. The Kier molecular flexibility index (Phi) is 6.32. The van der Waals surface area contributed by atoms with Crippen LogP contribution in [0.15, 0.2) is 0 Å². The summed E-state index contributed by atoms with van der Waals surface area (Å²) >= 11 is 0. The third kappa shape index (κ3) is 5.62. The highest BCUT2D eigenvalue weighted by Gasteiger charge is 2.23. The van der Waals surface area contributed by atoms with Crippen LogP contribution in [-0.2, 0) is 9.47 Å². The van der Waals surface area contributed by atoms with E-state index in [9.17, 15) is 9.90 Å². The molecule has 0 aliphatic rings. The van der Waals surface area contributed by atoms with Crippen LogP contribution in [0.3, 0.4) is 0 Å². The summed E-state index contributed by atoms with van der Waals surface area (Å²) in [5.74, 6) is 0.324. The predicted molar refractivity (Wildman–Crippen MR) is 57.6 cm³/mol. The molecule has 0 aliphatic carbocycles. The quantitative estimate of drug-likeness (QED) is 0.719. The van der Waals surface area contributed by atoms with Crippen LogP contribution in [0, 0.1) is 11.8 Å². The summed E-state index contributed by atoms with van der Waals surface area (Å²) in [7, 11) is 1.28. The second-order valence-corrected chi connectivity index (χ2v) is 4.40. The zero-order valence-corrected chi connectivity index (χ0v) is 10.2. The number of hydrogen-bond donors (Lipinski definition) is 1. The number of carbonyl (C=O) groups is 1. The van der Waals surface area contributed by atoms with Crippen molar-refractivity contribution in [1.82, 2.24) is 0 Å². The highest BCUT2D eigenvalue weighted by atomic mass is 16.7. The average molecular weight is 218 g/mol. The smallest absolute Gasteiger partial charge is 0.438 e. The van der Waals surface area contributed by atoms with Gasteiger partial charge >= 0.3 is 6.16 Å². The first kappa shape index (κ1) is 14.2. The second-order valence-electron chi connectivity index (χ2n) is 4.40. The van der Waals surface area contributed by atoms with E-state index in [1.165, 1.54) is 7.11 Å². The van der Waals surface area contributed by atoms with E-state index in [1.54, 1.807) is 0 Å². The summed E-state index contributed by atoms with van der Waals surface area (Å²) in [5.41, 5.74) is 0. The van der Waals surface area contributed by atoms with Gasteiger partial charge in [-0.15, -0.1) is 0 Å². The SMILES string of the molecule is COC(=O)O[C@@H](C[C@H](O)C(C)C)C(C)C. The van der Waals surface area contributed by atoms with Gasteiger partial charge in [0.2, 0.25) is 0 Å². The van der Waals surface area contributed by atoms with Gasteiger partial charge in [0.05, 0.1) is 13.2 Å². The van der Waals surface area contributed by atoms with E-state index in [2.05, 4.69) is 4.74 Å². The lowest BCUT2D eigenvalue weighted by atomic mass is 9.95. The Bertz CT molecular complexity index is 189. The predicted octanol–water partition coefficient (Wildman–Crippen LogP) is 2.20. The highest BCUT2D eigenvalue weighted by Crippen LogP contribution is 2.17. The first-order valence-electron chi connectivity index (χ1n) is 5.31. The Balaban J connectivity index is 4.22. The summed E-state index contributed by atoms with van der Waals surface area (Å²) in [6.07, 6.45) is -0.994. The standard InChI is InChI=1S/C11H22O4/c1-7(2)9(12)6-10(8(3)4)15-11(13)14-5/h7-10,12H,6H2,1-5H3/t9-,10-/m0/s1. The molecule has 4 nitrogen and oxygen atoms in total. The Morgan fingerprint density at radius 1 is 1.20 bits per heavy atom. The van der Waals surface area contributed by atoms with Gasteiger partial charge < -0.3 is 14.6 Å². The molecule has 0 unspecified atom stereocenters. The van der Waals surface area contributed by atoms with E-state index >= 15 is 0 Å². The van der Waals surface area contributed by atoms with Crippen LogP contribution in [0.2, 0.25) is 0 Å². The molecule has 0 aromatic carbocycles. The minimum Gasteiger partial charge on any atom is -0.438 e. The average Bonchev–Trinajstić information content (AvgIpc) is 2.15. The lowest BCUT2D eigenvalue weighted by Crippen LogP contribution is -2.30. The molecule has 0 saturated heterocycles. The van der Waals surface area contributed by atoms with Gasteiger partial charge in [-0.05, 0) is 11.8 Å². The van der Waals surface area contributed by atoms with E-state index < -0.39 is 12.3 Å². The molecular formula is C11H22O4. The molecule has 0 radical (unpaired) electrons. The molecule has 0 bridgehead atoms. The van der Waals surface area contributed by atoms with Crippen molar-refractivity contribution in [3.8, 4) is 0 Å². The van der Waals surface area contributed by atoms with Crippen molar-refractivity contribution in [2.75, 3.05) is 7.11 Å². The number of ether oxygens (including phenoxy) is 2. The molecule has 90 valence electrons. The van der Waals surface area contributed by atoms with Crippen LogP contribution in [0.4, 0.5) is 4.79 Å². The number of methoxy groups -OCH3 is 1. The Morgan fingerprint density at radius 3 is 2.07 bits per heavy atom. The van der Waals surface area contributed by atoms with Crippen LogP contribution < -0.4 is 0 Å². The maximum atomic E-state index is 11.0. The Morgan fingerprint density at radius 2 is 1.73 bits per heavy atom. The molecule has 0 aliphatic heterocycles. The monoisotopic (exact) mass is 218 g/mol. The molecule has 0 aromatic rings. The molecule has 0 saturated carbocycles. The molecule has 0 spiro atoms. The summed E-state index contributed by atoms with van der Waals surface area (Å²) in [4.78, 5) is 11.0. The lowest BCUT2D eigenvalue weighted by Gasteiger charge is -2.24. The fourth-order valence-corrected chi connectivity index (χ4v) is 1.14. The number of hydrogen-bond acceptors (Lipinski definition) is 4. The summed E-state index contributed by atoms with van der Waals surface area (Å²) in [6.45, 7) is 7.75. The molecule has 0 heterocycles. The summed E-state index contributed by atoms with van der Waals surface area (Å²) in [6, 6.07) is 0. The van der Waals surface area contributed by atoms with Crippen LogP contribution in [0.1, 0.15) is 34.1 Å². The van der Waals surface area contributed by atoms with Crippen molar-refractivity contribution in [2.45, 2.75) is 46.3 Å². The third-order valence-electron chi connectivity index (χ3n) is 2.40. The fourth-order valence-electron chi connectivity index (χ4n) is 1.14. The van der Waals surface area contributed by atoms with Gasteiger partial charge in [0.25, 0.3) is 0 Å². The number of carbonyl (C=O) groups excluding carboxylic acids is 1. The fraction of sp³-hybridized carbons (Fsp3) is 0.909. The number of rotatable bonds is 5. The Labute approximate surface area is 91.6 Å². The normalized spacial score (nSPS) is 15.2. The summed E-state index contributed by atoms with van der Waals surface area (Å²) < 4.78 is 9.49. The van der Waals surface area contributed by atoms with Crippen molar-refractivity contribution in [3.63, 3.8) is 0 Å². The number of aliphatic hydroxyl groups excluding tert-OH is 1. The van der Waals surface area contributed by atoms with E-state index in [0.717, 1.165) is 0 Å². The highest BCUT2D eigenvalue weighted by molar-refractivity contribution is 5.59. The first-order chi connectivity index (χ1) is 6.88. The van der Waals surface area contributed by atoms with Gasteiger partial charge in [-0.2, -0.15) is 0 Å². The van der Waals surface area contributed by atoms with Crippen LogP contribution >= 0.6 is 0 Å². The molecule has 1 N–H and O–H groups in total. The van der Waals surface area contributed by atoms with Gasteiger partial charge in [-0.25, -0.2) is 4.79 Å². The lowest BCUT2D eigenvalue weighted by molar-refractivity contribution is -0.0127. The van der Waals surface area contributed by atoms with Crippen molar-refractivity contribution in [2.24, 2.45) is 11.8 Å². The first-order valence-corrected chi connectivity index (χ1v) is 5.31. The van der Waals surface area contributed by atoms with E-state index in [0.29, 0.717) is 6.42 Å². The van der Waals surface area contributed by atoms with Crippen LogP contribution in [0.25, 0.3) is 0 Å². The van der Waals surface area contributed by atoms with Crippen LogP contribution in [-0.4, -0.2) is 30.6 Å². The van der Waals surface area contributed by atoms with Gasteiger partial charge in [0, 0.05) is 6.42 Å². The van der Waals surface area contributed by atoms with Gasteiger partial charge in [-0.3, -0.25) is 0 Å². The van der Waals surface area contributed by atoms with E-state index in [-0.39, 0.29) is 17.9 Å². The largest absolute Gasteiger partial charge is 0.508 e. The third-order valence-corrected chi connectivity index (χ3v) is 2.40. The molecule has 0 aromatic heterocycles. The maximum absolute atomic E-state index is 11.0. The topological polar surface area (TPSA) is 55.8 Å². The Hall–Kier alpha value is -0.770. The summed E-state index contributed by atoms with van der Waals surface area (Å²) in [5, 5.41) is 9.70. The maximum Gasteiger partial charge on any atom is 0.508 e. The van der Waals surface area contributed by atoms with E-state index in [4.69, 9.17) is 4.74 Å². The van der Waals surface area contributed by atoms with Crippen molar-refractivity contribution in [3.05, 3.63) is 0 Å². The van der Waals surface area contributed by atoms with Gasteiger partial charge in [0.1, 0.15) is 6.10 Å². The number of aliphatic hydroxyl groups is 1. The van der Waals surface area contributed by atoms with Gasteiger partial charge in [-0.1, -0.05) is 27.7 Å². The van der Waals surface area contributed by atoms with E-state index in [1.807, 2.05) is 27.7 Å². The molecule has 0 amide bonds. The van der Waals surface area contributed by atoms with Gasteiger partial charge in [0.15, 0.2) is 0 Å². The zero-order valence-electron chi connectivity index (χ0n) is 10.2. The molecule has 4 heteroatoms.